The Bertz CT molecular complexity index is 2810. The molecule has 6 aliphatic rings. The summed E-state index contributed by atoms with van der Waals surface area (Å²) in [6.45, 7) is 1.36. The predicted molar refractivity (Wildman–Crippen MR) is 410 cm³/mol. The predicted octanol–water partition coefficient (Wildman–Crippen LogP) is -2.19. The summed E-state index contributed by atoms with van der Waals surface area (Å²) in [7, 11) is 0. The number of aliphatic hydroxyl groups excluding tert-OH is 18. The van der Waals surface area contributed by atoms with Crippen molar-refractivity contribution in [2.45, 2.75) is 423 Å². The van der Waals surface area contributed by atoms with Crippen molar-refractivity contribution in [1.82, 2.24) is 16.0 Å². The topological polar surface area (TPSA) is 600 Å². The second kappa shape index (κ2) is 52.9. The number of amides is 3. The van der Waals surface area contributed by atoms with Crippen LogP contribution in [0.5, 0.6) is 0 Å². The van der Waals surface area contributed by atoms with E-state index in [0.717, 1.165) is 71.6 Å². The van der Waals surface area contributed by atoms with Crippen molar-refractivity contribution in [1.29, 1.82) is 0 Å². The standard InChI is InChI=1S/C79H141N3O35/c1-6-8-10-12-14-16-18-20-21-23-25-27-29-31-33-35-54(92)82-46(47(89)34-32-30-28-26-24-22-19-17-15-13-11-9-7-2)41-106-74-66(102)63(99)68(52(40-86)111-74)113-77-67(103)72(60(96)51(39-85)110-77)116-73-56(81-45(5)88)71(115-76-65(101)62(98)59(95)50(38-84)109-76)69(114-75-64(100)61(97)57(93)43(3)108-75)53(112-73)42-107-79(78(104)105)36-48(90)55(80-44(4)87)70(117-79)58(94)49(91)37-83/h32,34,43,46-53,55-77,83-86,89-91,93-103H,6-31,33,35-42H2,1-5H3,(H,80,87)(H,81,88)(H,82,92)(H,104,105)/b34-32+/t43?,46-,47+,48?,49+,50?,51?,52?,53?,55+,56?,57+,58+,59-,60-,61?,62-,63+,64-,65?,66?,67?,68+,69+,70?,71+,72-,73-,74+,75+,76-,77-,79+/m0/s1. The minimum Gasteiger partial charge on any atom is -0.477 e. The van der Waals surface area contributed by atoms with Crippen LogP contribution in [0.2, 0.25) is 0 Å². The van der Waals surface area contributed by atoms with Gasteiger partial charge in [-0.2, -0.15) is 0 Å². The fourth-order valence-corrected chi connectivity index (χ4v) is 15.6. The zero-order valence-corrected chi connectivity index (χ0v) is 68.4. The lowest BCUT2D eigenvalue weighted by Gasteiger charge is -2.52. The first kappa shape index (κ1) is 102. The van der Waals surface area contributed by atoms with Crippen LogP contribution in [0.25, 0.3) is 0 Å². The highest BCUT2D eigenvalue weighted by molar-refractivity contribution is 5.77. The Morgan fingerprint density at radius 2 is 0.915 bits per heavy atom. The lowest BCUT2D eigenvalue weighted by atomic mass is 9.88. The number of carbonyl (C=O) groups is 4. The third-order valence-electron chi connectivity index (χ3n) is 22.7. The van der Waals surface area contributed by atoms with Crippen molar-refractivity contribution in [3.63, 3.8) is 0 Å². The number of carbonyl (C=O) groups excluding carboxylic acids is 3. The van der Waals surface area contributed by atoms with E-state index in [1.165, 1.54) is 110 Å². The Morgan fingerprint density at radius 3 is 1.44 bits per heavy atom. The van der Waals surface area contributed by atoms with Gasteiger partial charge in [-0.25, -0.2) is 4.79 Å². The lowest BCUT2D eigenvalue weighted by molar-refractivity contribution is -0.396. The Morgan fingerprint density at radius 1 is 0.470 bits per heavy atom. The molecule has 22 N–H and O–H groups in total. The number of hydrogen-bond donors (Lipinski definition) is 22. The van der Waals surface area contributed by atoms with Gasteiger partial charge >= 0.3 is 5.97 Å². The number of aliphatic carboxylic acids is 1. The van der Waals surface area contributed by atoms with Crippen LogP contribution in [0.1, 0.15) is 221 Å². The van der Waals surface area contributed by atoms with Gasteiger partial charge in [0.2, 0.25) is 17.7 Å². The summed E-state index contributed by atoms with van der Waals surface area (Å²) in [6.07, 6.45) is -27.0. The van der Waals surface area contributed by atoms with E-state index in [2.05, 4.69) is 29.8 Å². The van der Waals surface area contributed by atoms with Crippen LogP contribution in [0.3, 0.4) is 0 Å². The fraction of sp³-hybridized carbons (Fsp3) is 0.924. The van der Waals surface area contributed by atoms with Crippen molar-refractivity contribution in [2.24, 2.45) is 0 Å². The first-order chi connectivity index (χ1) is 55.9. The minimum absolute atomic E-state index is 0.137. The largest absolute Gasteiger partial charge is 0.477 e. The average Bonchev–Trinajstić information content (AvgIpc) is 0.760. The van der Waals surface area contributed by atoms with Gasteiger partial charge in [0.1, 0.15) is 134 Å². The minimum atomic E-state index is -3.22. The van der Waals surface area contributed by atoms with Gasteiger partial charge < -0.3 is 170 Å². The Labute approximate surface area is 684 Å². The molecular formula is C79H141N3O35. The van der Waals surface area contributed by atoms with E-state index in [4.69, 9.17) is 56.8 Å². The summed E-state index contributed by atoms with van der Waals surface area (Å²) in [6, 6.07) is -4.94. The van der Waals surface area contributed by atoms with E-state index >= 15 is 0 Å². The zero-order chi connectivity index (χ0) is 86.1. The molecule has 682 valence electrons. The number of unbranched alkanes of at least 4 members (excludes halogenated alkanes) is 25. The zero-order valence-electron chi connectivity index (χ0n) is 68.4. The smallest absolute Gasteiger partial charge is 0.364 e. The molecule has 0 spiro atoms. The first-order valence-corrected chi connectivity index (χ1v) is 42.5. The molecule has 38 heteroatoms. The van der Waals surface area contributed by atoms with Gasteiger partial charge in [-0.15, -0.1) is 0 Å². The molecule has 6 heterocycles. The van der Waals surface area contributed by atoms with Gasteiger partial charge in [0, 0.05) is 26.7 Å². The van der Waals surface area contributed by atoms with Gasteiger partial charge in [0.15, 0.2) is 31.5 Å². The van der Waals surface area contributed by atoms with Crippen molar-refractivity contribution < 1.29 is 173 Å². The maximum absolute atomic E-state index is 13.6. The van der Waals surface area contributed by atoms with E-state index in [-0.39, 0.29) is 12.3 Å². The van der Waals surface area contributed by atoms with E-state index in [0.29, 0.717) is 12.8 Å². The summed E-state index contributed by atoms with van der Waals surface area (Å²) >= 11 is 0. The van der Waals surface area contributed by atoms with Crippen LogP contribution in [-0.4, -0.2) is 362 Å². The van der Waals surface area contributed by atoms with E-state index < -0.39 is 266 Å². The molecule has 3 amide bonds. The van der Waals surface area contributed by atoms with Gasteiger partial charge in [-0.3, -0.25) is 14.4 Å². The molecule has 0 aliphatic carbocycles. The molecule has 0 bridgehead atoms. The van der Waals surface area contributed by atoms with Crippen molar-refractivity contribution in [3.05, 3.63) is 12.2 Å². The molecule has 0 saturated carbocycles. The van der Waals surface area contributed by atoms with Gasteiger partial charge in [-0.1, -0.05) is 180 Å². The van der Waals surface area contributed by atoms with Gasteiger partial charge in [0.25, 0.3) is 5.79 Å². The third kappa shape index (κ3) is 30.7. The second-order valence-electron chi connectivity index (χ2n) is 32.1. The highest BCUT2D eigenvalue weighted by Gasteiger charge is 2.61. The molecule has 38 nitrogen and oxygen atoms in total. The maximum atomic E-state index is 13.6. The highest BCUT2D eigenvalue weighted by Crippen LogP contribution is 2.40. The summed E-state index contributed by atoms with van der Waals surface area (Å²) < 4.78 is 72.9. The Balaban J connectivity index is 1.26. The average molecular weight is 1690 g/mol. The molecule has 6 saturated heterocycles. The molecule has 6 aliphatic heterocycles. The van der Waals surface area contributed by atoms with E-state index in [1.807, 2.05) is 6.08 Å². The second-order valence-corrected chi connectivity index (χ2v) is 32.1. The van der Waals surface area contributed by atoms with Crippen molar-refractivity contribution in [2.75, 3.05) is 39.6 Å². The Kier molecular flexibility index (Phi) is 46.2. The maximum Gasteiger partial charge on any atom is 0.364 e. The number of carboxylic acids is 1. The number of allylic oxidation sites excluding steroid dienone is 1. The monoisotopic (exact) mass is 1690 g/mol. The molecule has 0 radical (unpaired) electrons. The molecule has 0 aromatic carbocycles. The number of rotatable bonds is 54. The van der Waals surface area contributed by atoms with Crippen LogP contribution in [0, 0.1) is 0 Å². The normalized spacial score (nSPS) is 36.6. The Hall–Kier alpha value is -3.58. The first-order valence-electron chi connectivity index (χ1n) is 42.5. The van der Waals surface area contributed by atoms with Crippen LogP contribution in [0.15, 0.2) is 12.2 Å². The molecule has 0 aromatic heterocycles. The third-order valence-corrected chi connectivity index (χ3v) is 22.7. The van der Waals surface area contributed by atoms with Crippen molar-refractivity contribution in [3.8, 4) is 0 Å². The number of carboxylic acid groups (broad SMARTS) is 1. The summed E-state index contributed by atoms with van der Waals surface area (Å²) in [5, 5.41) is 221. The van der Waals surface area contributed by atoms with Crippen LogP contribution in [0.4, 0.5) is 0 Å². The summed E-state index contributed by atoms with van der Waals surface area (Å²) in [5.74, 6) is -7.55. The van der Waals surface area contributed by atoms with Crippen LogP contribution in [-0.2, 0) is 76.0 Å². The number of ether oxygens (including phenoxy) is 12. The number of nitrogens with one attached hydrogen (secondary N) is 3. The number of hydrogen-bond acceptors (Lipinski definition) is 34. The summed E-state index contributed by atoms with van der Waals surface area (Å²) in [5.41, 5.74) is 0. The summed E-state index contributed by atoms with van der Waals surface area (Å²) in [4.78, 5) is 53.3. The molecule has 6 rings (SSSR count). The molecular weight excluding hydrogens is 1550 g/mol. The quantitative estimate of drug-likeness (QED) is 0.0227. The highest BCUT2D eigenvalue weighted by atomic mass is 16.8. The molecule has 0 aromatic rings. The van der Waals surface area contributed by atoms with Gasteiger partial charge in [-0.05, 0) is 26.2 Å². The van der Waals surface area contributed by atoms with Crippen LogP contribution < -0.4 is 16.0 Å². The van der Waals surface area contributed by atoms with Crippen LogP contribution >= 0.6 is 0 Å². The number of aliphatic hydroxyl groups is 18. The van der Waals surface area contributed by atoms with Crippen molar-refractivity contribution >= 4 is 23.7 Å². The molecule has 12 unspecified atom stereocenters. The molecule has 117 heavy (non-hydrogen) atoms. The van der Waals surface area contributed by atoms with E-state index in [9.17, 15) is 116 Å². The molecule has 6 fully saturated rings. The lowest BCUT2D eigenvalue weighted by Crippen LogP contribution is -2.72. The molecule has 33 atom stereocenters. The fourth-order valence-electron chi connectivity index (χ4n) is 15.6. The van der Waals surface area contributed by atoms with Gasteiger partial charge in [0.05, 0.1) is 70.0 Å². The van der Waals surface area contributed by atoms with E-state index in [1.54, 1.807) is 6.08 Å². The SMILES string of the molecule is CCCCCCCCCCCCC/C=C/[C@@H](O)[C@H](CO[C@@H]1OC(CO)[C@@H](O[C@@H]2OC(CO)[C@H](O)[C@H](O[C@@H]3OC(CO[C@]4(C(=O)O)CC(O)[C@@H](NC(C)=O)C([C@H](O)[C@H](O)CO)O4)[C@@H](O[C@H]4OC(C)[C@@H](O)C(O)[C@@H]4O)[C@H](O[C@@H]4OC(CO)[C@H](O)[C@H](O)C4O)C3NC(C)=O)C2O)[C@H](O)C1O)NC(=O)CCCCCCCCCCCCCCCCC.